The number of carbonyl (C=O) groups is 2. The predicted octanol–water partition coefficient (Wildman–Crippen LogP) is 0.630. The van der Waals surface area contributed by atoms with Crippen LogP contribution in [0.2, 0.25) is 0 Å². The van der Waals surface area contributed by atoms with Crippen LogP contribution in [0.1, 0.15) is 34.0 Å². The lowest BCUT2D eigenvalue weighted by Gasteiger charge is -2.37. The van der Waals surface area contributed by atoms with Crippen LogP contribution >= 0.6 is 11.3 Å². The molecule has 1 aliphatic rings. The molecule has 1 saturated heterocycles. The average Bonchev–Trinajstić information content (AvgIpc) is 2.84. The van der Waals surface area contributed by atoms with E-state index in [1.807, 2.05) is 11.8 Å². The van der Waals surface area contributed by atoms with Crippen LogP contribution in [0.5, 0.6) is 0 Å². The van der Waals surface area contributed by atoms with Crippen LogP contribution in [-0.2, 0) is 4.74 Å². The SMILES string of the molecule is CC(=O)c1sc(N2CC(CO)OCC2C)nc1C(=O)O. The zero-order valence-corrected chi connectivity index (χ0v) is 12.0. The van der Waals surface area contributed by atoms with E-state index >= 15 is 0 Å². The van der Waals surface area contributed by atoms with Crippen LogP contribution in [0, 0.1) is 0 Å². The van der Waals surface area contributed by atoms with E-state index in [2.05, 4.69) is 4.98 Å². The van der Waals surface area contributed by atoms with E-state index < -0.39 is 5.97 Å². The third-order valence-electron chi connectivity index (χ3n) is 3.09. The number of rotatable bonds is 4. The highest BCUT2D eigenvalue weighted by Gasteiger charge is 2.30. The Kier molecular flexibility index (Phi) is 4.36. The van der Waals surface area contributed by atoms with Crippen molar-refractivity contribution in [2.24, 2.45) is 0 Å². The average molecular weight is 300 g/mol. The van der Waals surface area contributed by atoms with Crippen LogP contribution in [0.25, 0.3) is 0 Å². The van der Waals surface area contributed by atoms with Crippen LogP contribution in [-0.4, -0.2) is 58.9 Å². The summed E-state index contributed by atoms with van der Waals surface area (Å²) in [5.74, 6) is -1.52. The molecule has 0 aliphatic carbocycles. The first-order valence-electron chi connectivity index (χ1n) is 6.18. The third-order valence-corrected chi connectivity index (χ3v) is 4.29. The quantitative estimate of drug-likeness (QED) is 0.787. The van der Waals surface area contributed by atoms with E-state index in [0.29, 0.717) is 18.3 Å². The molecule has 2 atom stereocenters. The van der Waals surface area contributed by atoms with E-state index in [4.69, 9.17) is 14.9 Å². The van der Waals surface area contributed by atoms with Gasteiger partial charge in [0.05, 0.1) is 25.4 Å². The number of carboxylic acids is 1. The van der Waals surface area contributed by atoms with E-state index in [0.717, 1.165) is 11.3 Å². The Morgan fingerprint density at radius 2 is 2.25 bits per heavy atom. The molecule has 0 amide bonds. The van der Waals surface area contributed by atoms with Gasteiger partial charge in [0.15, 0.2) is 16.6 Å². The maximum atomic E-state index is 11.5. The van der Waals surface area contributed by atoms with Gasteiger partial charge in [0.1, 0.15) is 4.88 Å². The van der Waals surface area contributed by atoms with Crippen LogP contribution in [0.4, 0.5) is 5.13 Å². The molecule has 20 heavy (non-hydrogen) atoms. The zero-order valence-electron chi connectivity index (χ0n) is 11.2. The van der Waals surface area contributed by atoms with Crippen molar-refractivity contribution in [3.63, 3.8) is 0 Å². The Hall–Kier alpha value is -1.51. The van der Waals surface area contributed by atoms with E-state index in [1.165, 1.54) is 6.92 Å². The van der Waals surface area contributed by atoms with Crippen molar-refractivity contribution >= 4 is 28.2 Å². The molecule has 0 aromatic carbocycles. The number of ether oxygens (including phenoxy) is 1. The minimum Gasteiger partial charge on any atom is -0.476 e. The maximum absolute atomic E-state index is 11.5. The Morgan fingerprint density at radius 3 is 2.75 bits per heavy atom. The number of thiazole rings is 1. The number of aliphatic hydroxyl groups is 1. The molecule has 2 unspecified atom stereocenters. The van der Waals surface area contributed by atoms with Crippen LogP contribution in [0.15, 0.2) is 0 Å². The van der Waals surface area contributed by atoms with E-state index in [-0.39, 0.29) is 35.1 Å². The number of hydrogen-bond donors (Lipinski definition) is 2. The fourth-order valence-corrected chi connectivity index (χ4v) is 3.07. The van der Waals surface area contributed by atoms with Gasteiger partial charge in [-0.2, -0.15) is 0 Å². The molecule has 1 aromatic heterocycles. The lowest BCUT2D eigenvalue weighted by molar-refractivity contribution is -0.0103. The highest BCUT2D eigenvalue weighted by Crippen LogP contribution is 2.30. The van der Waals surface area contributed by atoms with Crippen molar-refractivity contribution in [1.82, 2.24) is 4.98 Å². The zero-order chi connectivity index (χ0) is 14.9. The fourth-order valence-electron chi connectivity index (χ4n) is 2.01. The second kappa shape index (κ2) is 5.86. The molecule has 2 heterocycles. The highest BCUT2D eigenvalue weighted by molar-refractivity contribution is 7.17. The first-order valence-corrected chi connectivity index (χ1v) is 6.99. The number of morpholine rings is 1. The van der Waals surface area contributed by atoms with Gasteiger partial charge in [0.25, 0.3) is 0 Å². The number of nitrogens with zero attached hydrogens (tertiary/aromatic N) is 2. The summed E-state index contributed by atoms with van der Waals surface area (Å²) in [4.78, 5) is 28.7. The molecule has 1 aromatic rings. The molecular weight excluding hydrogens is 284 g/mol. The molecule has 110 valence electrons. The van der Waals surface area contributed by atoms with Crippen molar-refractivity contribution in [1.29, 1.82) is 0 Å². The minimum absolute atomic E-state index is 0.00500. The number of carboxylic acid groups (broad SMARTS) is 1. The molecule has 8 heteroatoms. The van der Waals surface area contributed by atoms with Crippen molar-refractivity contribution in [2.75, 3.05) is 24.7 Å². The molecular formula is C12H16N2O5S. The number of hydrogen-bond acceptors (Lipinski definition) is 7. The topological polar surface area (TPSA) is 100.0 Å². The summed E-state index contributed by atoms with van der Waals surface area (Å²) in [6.07, 6.45) is -0.329. The molecule has 7 nitrogen and oxygen atoms in total. The number of carbonyl (C=O) groups excluding carboxylic acids is 1. The number of aromatic nitrogens is 1. The lowest BCUT2D eigenvalue weighted by atomic mass is 10.2. The van der Waals surface area contributed by atoms with Gasteiger partial charge in [-0.25, -0.2) is 9.78 Å². The Balaban J connectivity index is 2.34. The van der Waals surface area contributed by atoms with Crippen molar-refractivity contribution in [3.05, 3.63) is 10.6 Å². The predicted molar refractivity (Wildman–Crippen MR) is 72.7 cm³/mol. The molecule has 0 saturated carbocycles. The molecule has 2 rings (SSSR count). The molecule has 0 bridgehead atoms. The first kappa shape index (κ1) is 14.9. The number of Topliss-reactive ketones (excluding diaryl/α,β-unsaturated/α-hetero) is 1. The number of aromatic carboxylic acids is 1. The normalized spacial score (nSPS) is 22.9. The van der Waals surface area contributed by atoms with Gasteiger partial charge in [-0.3, -0.25) is 4.79 Å². The summed E-state index contributed by atoms with van der Waals surface area (Å²) >= 11 is 1.07. The summed E-state index contributed by atoms with van der Waals surface area (Å²) < 4.78 is 5.42. The Bertz CT molecular complexity index is 498. The Morgan fingerprint density at radius 1 is 1.55 bits per heavy atom. The van der Waals surface area contributed by atoms with Crippen LogP contribution < -0.4 is 4.90 Å². The van der Waals surface area contributed by atoms with E-state index in [9.17, 15) is 9.59 Å². The third kappa shape index (κ3) is 2.82. The maximum Gasteiger partial charge on any atom is 0.356 e. The number of aliphatic hydroxyl groups excluding tert-OH is 1. The number of ketones is 1. The molecule has 0 radical (unpaired) electrons. The summed E-state index contributed by atoms with van der Waals surface area (Å²) in [6, 6.07) is 0.00500. The summed E-state index contributed by atoms with van der Waals surface area (Å²) in [6.45, 7) is 3.97. The van der Waals surface area contributed by atoms with Gasteiger partial charge in [-0.15, -0.1) is 0 Å². The standard InChI is InChI=1S/C12H16N2O5S/c1-6-5-19-8(4-15)3-14(6)12-13-9(11(17)18)10(20-12)7(2)16/h6,8,15H,3-5H2,1-2H3,(H,17,18). The Labute approximate surface area is 119 Å². The van der Waals surface area contributed by atoms with Gasteiger partial charge in [0.2, 0.25) is 0 Å². The van der Waals surface area contributed by atoms with Gasteiger partial charge in [-0.05, 0) is 6.92 Å². The second-order valence-electron chi connectivity index (χ2n) is 4.67. The number of anilines is 1. The molecule has 1 aliphatic heterocycles. The summed E-state index contributed by atoms with van der Waals surface area (Å²) in [5, 5.41) is 18.7. The van der Waals surface area contributed by atoms with Gasteiger partial charge in [0, 0.05) is 13.5 Å². The van der Waals surface area contributed by atoms with Gasteiger partial charge >= 0.3 is 5.97 Å². The summed E-state index contributed by atoms with van der Waals surface area (Å²) in [7, 11) is 0. The van der Waals surface area contributed by atoms with Crippen LogP contribution in [0.3, 0.4) is 0 Å². The smallest absolute Gasteiger partial charge is 0.356 e. The molecule has 2 N–H and O–H groups in total. The van der Waals surface area contributed by atoms with E-state index in [1.54, 1.807) is 0 Å². The first-order chi connectivity index (χ1) is 9.43. The highest BCUT2D eigenvalue weighted by atomic mass is 32.1. The van der Waals surface area contributed by atoms with Crippen molar-refractivity contribution in [3.8, 4) is 0 Å². The largest absolute Gasteiger partial charge is 0.476 e. The summed E-state index contributed by atoms with van der Waals surface area (Å²) in [5.41, 5.74) is -0.211. The second-order valence-corrected chi connectivity index (χ2v) is 5.65. The fraction of sp³-hybridized carbons (Fsp3) is 0.583. The minimum atomic E-state index is -1.21. The van der Waals surface area contributed by atoms with Crippen molar-refractivity contribution in [2.45, 2.75) is 26.0 Å². The molecule has 0 spiro atoms. The van der Waals surface area contributed by atoms with Gasteiger partial charge < -0.3 is 19.8 Å². The monoisotopic (exact) mass is 300 g/mol. The molecule has 1 fully saturated rings. The lowest BCUT2D eigenvalue weighted by Crippen LogP contribution is -2.49. The van der Waals surface area contributed by atoms with Gasteiger partial charge in [-0.1, -0.05) is 11.3 Å². The van der Waals surface area contributed by atoms with Crippen molar-refractivity contribution < 1.29 is 24.5 Å².